The molecule has 0 N–H and O–H groups in total. The van der Waals surface area contributed by atoms with Crippen LogP contribution in [0.15, 0.2) is 48.5 Å². The average molecular weight is 298 g/mol. The number of hydrogen-bond acceptors (Lipinski definition) is 5. The van der Waals surface area contributed by atoms with Crippen LogP contribution in [0.2, 0.25) is 6.04 Å². The molecule has 2 aliphatic rings. The number of rotatable bonds is 2. The van der Waals surface area contributed by atoms with Gasteiger partial charge in [-0.1, -0.05) is 0 Å². The van der Waals surface area contributed by atoms with Crippen molar-refractivity contribution in [2.75, 3.05) is 0 Å². The Labute approximate surface area is 122 Å². The zero-order chi connectivity index (χ0) is 14.4. The summed E-state index contributed by atoms with van der Waals surface area (Å²) in [4.78, 5) is 0. The molecule has 1 spiro atoms. The van der Waals surface area contributed by atoms with Gasteiger partial charge in [0, 0.05) is 0 Å². The van der Waals surface area contributed by atoms with Crippen molar-refractivity contribution in [3.8, 4) is 29.1 Å². The van der Waals surface area contributed by atoms with Crippen molar-refractivity contribution in [1.29, 1.82) is 5.26 Å². The fraction of sp³-hybridized carbons (Fsp3) is 0.133. The molecule has 2 aromatic rings. The Morgan fingerprint density at radius 3 is 1.48 bits per heavy atom. The van der Waals surface area contributed by atoms with Gasteiger partial charge in [0.25, 0.3) is 0 Å². The Kier molecular flexibility index (Phi) is 2.27. The van der Waals surface area contributed by atoms with Crippen LogP contribution < -0.4 is 17.7 Å². The summed E-state index contributed by atoms with van der Waals surface area (Å²) in [6.07, 6.45) is 0.232. The maximum atomic E-state index is 8.95. The SMILES string of the molecule is N#CCC[Si-]12(Oc3ccccc3O1)Oc1ccccc1O2. The van der Waals surface area contributed by atoms with Gasteiger partial charge in [-0.2, -0.15) is 0 Å². The maximum absolute atomic E-state index is 8.95. The van der Waals surface area contributed by atoms with Gasteiger partial charge in [-0.25, -0.2) is 0 Å². The molecule has 0 bridgehead atoms. The summed E-state index contributed by atoms with van der Waals surface area (Å²) in [5.41, 5.74) is 0. The molecular weight excluding hydrogens is 286 g/mol. The van der Waals surface area contributed by atoms with Crippen LogP contribution in [0.4, 0.5) is 0 Å². The number of nitrogens with zero attached hydrogens (tertiary/aromatic N) is 1. The van der Waals surface area contributed by atoms with Gasteiger partial charge in [0.1, 0.15) is 0 Å². The van der Waals surface area contributed by atoms with Gasteiger partial charge >= 0.3 is 121 Å². The van der Waals surface area contributed by atoms with Crippen LogP contribution in [0.25, 0.3) is 0 Å². The molecule has 0 amide bonds. The predicted molar refractivity (Wildman–Crippen MR) is 76.2 cm³/mol. The fourth-order valence-electron chi connectivity index (χ4n) is 2.68. The fourth-order valence-corrected chi connectivity index (χ4v) is 6.23. The van der Waals surface area contributed by atoms with Crippen LogP contribution in [0.3, 0.4) is 0 Å². The Morgan fingerprint density at radius 2 is 1.14 bits per heavy atom. The molecular formula is C15H12NO4Si-. The van der Waals surface area contributed by atoms with E-state index < -0.39 is 8.33 Å². The van der Waals surface area contributed by atoms with Gasteiger partial charge in [-0.15, -0.1) is 0 Å². The zero-order valence-corrected chi connectivity index (χ0v) is 12.1. The minimum absolute atomic E-state index is 0.232. The van der Waals surface area contributed by atoms with Crippen LogP contribution in [0, 0.1) is 11.3 Å². The molecule has 0 fully saturated rings. The number of nitriles is 1. The normalized spacial score (nSPS) is 20.4. The van der Waals surface area contributed by atoms with Crippen LogP contribution >= 0.6 is 0 Å². The van der Waals surface area contributed by atoms with Gasteiger partial charge < -0.3 is 0 Å². The first-order valence-electron chi connectivity index (χ1n) is 6.72. The number of hydrogen-bond donors (Lipinski definition) is 0. The standard InChI is InChI=1S/C15H12NO4Si/c16-10-5-11-21(17-12-6-1-2-7-13(12)18-21)19-14-8-3-4-9-15(14)20-21/h1-4,6-9H,5,11H2/q-1. The van der Waals surface area contributed by atoms with Crippen molar-refractivity contribution in [1.82, 2.24) is 0 Å². The molecule has 0 saturated heterocycles. The zero-order valence-electron chi connectivity index (χ0n) is 11.1. The van der Waals surface area contributed by atoms with E-state index in [0.29, 0.717) is 23.0 Å². The summed E-state index contributed by atoms with van der Waals surface area (Å²) in [5.74, 6) is 2.38. The molecule has 0 aliphatic carbocycles. The molecule has 6 heteroatoms. The van der Waals surface area contributed by atoms with E-state index in [0.717, 1.165) is 0 Å². The van der Waals surface area contributed by atoms with E-state index >= 15 is 0 Å². The molecule has 0 unspecified atom stereocenters. The van der Waals surface area contributed by atoms with Crippen LogP contribution in [0.5, 0.6) is 23.0 Å². The molecule has 21 heavy (non-hydrogen) atoms. The second-order valence-electron chi connectivity index (χ2n) is 5.04. The molecule has 5 nitrogen and oxygen atoms in total. The van der Waals surface area contributed by atoms with Crippen LogP contribution in [-0.2, 0) is 0 Å². The molecule has 0 atom stereocenters. The third-order valence-electron chi connectivity index (χ3n) is 3.57. The van der Waals surface area contributed by atoms with E-state index in [9.17, 15) is 0 Å². The number of fused-ring (bicyclic) bond motifs is 2. The van der Waals surface area contributed by atoms with E-state index in [1.165, 1.54) is 0 Å². The van der Waals surface area contributed by atoms with Gasteiger partial charge in [-0.05, 0) is 0 Å². The Bertz CT molecular complexity index is 657. The average Bonchev–Trinajstić information content (AvgIpc) is 2.99. The van der Waals surface area contributed by atoms with Crippen molar-refractivity contribution < 1.29 is 17.7 Å². The van der Waals surface area contributed by atoms with Crippen molar-refractivity contribution in [3.63, 3.8) is 0 Å². The van der Waals surface area contributed by atoms with Crippen molar-refractivity contribution in [2.24, 2.45) is 0 Å². The van der Waals surface area contributed by atoms with E-state index in [4.69, 9.17) is 23.0 Å². The second kappa shape index (κ2) is 3.93. The van der Waals surface area contributed by atoms with E-state index in [1.807, 2.05) is 48.5 Å². The summed E-state index contributed by atoms with van der Waals surface area (Å²) >= 11 is 0. The molecule has 0 radical (unpaired) electrons. The Morgan fingerprint density at radius 1 is 0.762 bits per heavy atom. The summed E-state index contributed by atoms with van der Waals surface area (Å²) < 4.78 is 24.3. The van der Waals surface area contributed by atoms with Crippen molar-refractivity contribution in [2.45, 2.75) is 12.5 Å². The van der Waals surface area contributed by atoms with E-state index in [2.05, 4.69) is 6.07 Å². The number of para-hydroxylation sites is 4. The molecule has 2 aromatic carbocycles. The first-order valence-corrected chi connectivity index (χ1v) is 9.06. The minimum atomic E-state index is -4.16. The molecule has 0 aromatic heterocycles. The van der Waals surface area contributed by atoms with E-state index in [-0.39, 0.29) is 12.5 Å². The van der Waals surface area contributed by atoms with E-state index in [1.54, 1.807) is 0 Å². The van der Waals surface area contributed by atoms with Gasteiger partial charge in [0.05, 0.1) is 0 Å². The Hall–Kier alpha value is -2.65. The van der Waals surface area contributed by atoms with Crippen LogP contribution in [0.1, 0.15) is 6.42 Å². The first kappa shape index (κ1) is 12.1. The molecule has 4 rings (SSSR count). The van der Waals surface area contributed by atoms with Crippen molar-refractivity contribution in [3.05, 3.63) is 48.5 Å². The predicted octanol–water partition coefficient (Wildman–Crippen LogP) is 3.23. The topological polar surface area (TPSA) is 60.7 Å². The molecule has 0 saturated carbocycles. The molecule has 2 aliphatic heterocycles. The van der Waals surface area contributed by atoms with Gasteiger partial charge in [0.2, 0.25) is 0 Å². The molecule has 2 heterocycles. The number of benzene rings is 2. The quantitative estimate of drug-likeness (QED) is 0.797. The summed E-state index contributed by atoms with van der Waals surface area (Å²) in [7, 11) is -4.16. The van der Waals surface area contributed by atoms with Crippen molar-refractivity contribution >= 4 is 8.33 Å². The summed E-state index contributed by atoms with van der Waals surface area (Å²) in [6.45, 7) is 0. The third kappa shape index (κ3) is 1.68. The second-order valence-corrected chi connectivity index (χ2v) is 8.51. The van der Waals surface area contributed by atoms with Gasteiger partial charge in [0.15, 0.2) is 0 Å². The molecule has 106 valence electrons. The first-order chi connectivity index (χ1) is 10.2. The monoisotopic (exact) mass is 298 g/mol. The van der Waals surface area contributed by atoms with Gasteiger partial charge in [-0.3, -0.25) is 0 Å². The third-order valence-corrected chi connectivity index (χ3v) is 7.10. The summed E-state index contributed by atoms with van der Waals surface area (Å²) in [5, 5.41) is 8.95. The summed E-state index contributed by atoms with van der Waals surface area (Å²) in [6, 6.07) is 17.1. The van der Waals surface area contributed by atoms with Crippen LogP contribution in [-0.4, -0.2) is 8.33 Å². The Balaban J connectivity index is 1.80.